The van der Waals surface area contributed by atoms with Gasteiger partial charge < -0.3 is 20.4 Å². The number of likely N-dealkylation sites (tertiary alicyclic amines) is 1. The lowest BCUT2D eigenvalue weighted by molar-refractivity contribution is 0.237. The van der Waals surface area contributed by atoms with Crippen LogP contribution in [0.3, 0.4) is 0 Å². The van der Waals surface area contributed by atoms with E-state index in [1.165, 1.54) is 31.6 Å². The molecule has 0 saturated carbocycles. The first-order chi connectivity index (χ1) is 12.2. The molecule has 2 heterocycles. The Morgan fingerprint density at radius 3 is 2.44 bits per heavy atom. The van der Waals surface area contributed by atoms with Crippen molar-refractivity contribution in [2.45, 2.75) is 26.2 Å². The van der Waals surface area contributed by atoms with Crippen LogP contribution in [-0.2, 0) is 0 Å². The van der Waals surface area contributed by atoms with Gasteiger partial charge in [0.05, 0.1) is 0 Å². The van der Waals surface area contributed by atoms with Crippen molar-refractivity contribution < 1.29 is 4.79 Å². The number of hydrogen-bond donors (Lipinski definition) is 2. The average Bonchev–Trinajstić information content (AvgIpc) is 3.29. The molecule has 0 unspecified atom stereocenters. The molecule has 0 aromatic heterocycles. The molecule has 2 aliphatic heterocycles. The van der Waals surface area contributed by atoms with E-state index >= 15 is 0 Å². The lowest BCUT2D eigenvalue weighted by Gasteiger charge is -2.19. The fraction of sp³-hybridized carbons (Fsp3) is 0.650. The summed E-state index contributed by atoms with van der Waals surface area (Å²) in [6, 6.07) is 10.5. The molecule has 2 saturated heterocycles. The summed E-state index contributed by atoms with van der Waals surface area (Å²) in [5.74, 6) is 1.15. The Labute approximate surface area is 151 Å². The fourth-order valence-electron chi connectivity index (χ4n) is 4.01. The number of urea groups is 1. The van der Waals surface area contributed by atoms with E-state index < -0.39 is 0 Å². The van der Waals surface area contributed by atoms with E-state index in [9.17, 15) is 4.79 Å². The smallest absolute Gasteiger partial charge is 0.314 e. The number of nitrogens with one attached hydrogen (secondary N) is 2. The molecule has 5 heteroatoms. The second kappa shape index (κ2) is 9.09. The summed E-state index contributed by atoms with van der Waals surface area (Å²) < 4.78 is 0. The van der Waals surface area contributed by atoms with Crippen LogP contribution in [0, 0.1) is 11.8 Å². The first kappa shape index (κ1) is 18.1. The zero-order valence-corrected chi connectivity index (χ0v) is 15.4. The quantitative estimate of drug-likeness (QED) is 0.799. The molecule has 2 N–H and O–H groups in total. The molecule has 1 aromatic rings. The minimum atomic E-state index is -0.00731. The first-order valence-corrected chi connectivity index (χ1v) is 9.78. The van der Waals surface area contributed by atoms with Crippen LogP contribution < -0.4 is 15.5 Å². The molecule has 1 aromatic carbocycles. The van der Waals surface area contributed by atoms with E-state index in [1.807, 2.05) is 0 Å². The maximum Gasteiger partial charge on any atom is 0.314 e. The molecule has 138 valence electrons. The summed E-state index contributed by atoms with van der Waals surface area (Å²) in [7, 11) is 0. The number of carbonyl (C=O) groups excluding carboxylic acids is 1. The topological polar surface area (TPSA) is 47.6 Å². The number of para-hydroxylation sites is 1. The first-order valence-electron chi connectivity index (χ1n) is 9.78. The molecule has 2 atom stereocenters. The van der Waals surface area contributed by atoms with E-state index in [-0.39, 0.29) is 6.03 Å². The molecule has 0 bridgehead atoms. The van der Waals surface area contributed by atoms with Gasteiger partial charge in [-0.3, -0.25) is 0 Å². The van der Waals surface area contributed by atoms with Crippen molar-refractivity contribution in [3.05, 3.63) is 30.3 Å². The van der Waals surface area contributed by atoms with Gasteiger partial charge in [0.15, 0.2) is 0 Å². The highest BCUT2D eigenvalue weighted by molar-refractivity contribution is 5.73. The van der Waals surface area contributed by atoms with Gasteiger partial charge in [0.2, 0.25) is 0 Å². The van der Waals surface area contributed by atoms with Crippen molar-refractivity contribution in [1.82, 2.24) is 15.5 Å². The third-order valence-electron chi connectivity index (χ3n) is 5.42. The highest BCUT2D eigenvalue weighted by Gasteiger charge is 2.24. The van der Waals surface area contributed by atoms with Gasteiger partial charge in [-0.1, -0.05) is 25.1 Å². The number of amides is 2. The van der Waals surface area contributed by atoms with Crippen molar-refractivity contribution in [1.29, 1.82) is 0 Å². The van der Waals surface area contributed by atoms with E-state index in [2.05, 4.69) is 57.7 Å². The van der Waals surface area contributed by atoms with E-state index in [0.717, 1.165) is 39.1 Å². The molecule has 2 amide bonds. The molecule has 2 aliphatic rings. The van der Waals surface area contributed by atoms with Gasteiger partial charge in [0, 0.05) is 38.4 Å². The lowest BCUT2D eigenvalue weighted by Crippen LogP contribution is -2.41. The van der Waals surface area contributed by atoms with Crippen LogP contribution in [0.5, 0.6) is 0 Å². The zero-order valence-electron chi connectivity index (χ0n) is 15.4. The molecule has 2 fully saturated rings. The van der Waals surface area contributed by atoms with Crippen LogP contribution in [0.1, 0.15) is 26.2 Å². The summed E-state index contributed by atoms with van der Waals surface area (Å²) in [6.07, 6.45) is 3.56. The van der Waals surface area contributed by atoms with E-state index in [0.29, 0.717) is 11.8 Å². The van der Waals surface area contributed by atoms with Gasteiger partial charge >= 0.3 is 6.03 Å². The van der Waals surface area contributed by atoms with Gasteiger partial charge in [-0.2, -0.15) is 0 Å². The maximum absolute atomic E-state index is 12.1. The fourth-order valence-corrected chi connectivity index (χ4v) is 4.01. The van der Waals surface area contributed by atoms with Gasteiger partial charge in [0.1, 0.15) is 0 Å². The lowest BCUT2D eigenvalue weighted by atomic mass is 10.1. The normalized spacial score (nSPS) is 23.8. The summed E-state index contributed by atoms with van der Waals surface area (Å²) >= 11 is 0. The Bertz CT molecular complexity index is 536. The Hall–Kier alpha value is -1.75. The minimum absolute atomic E-state index is 0.00731. The highest BCUT2D eigenvalue weighted by atomic mass is 16.2. The second-order valence-corrected chi connectivity index (χ2v) is 7.48. The predicted molar refractivity (Wildman–Crippen MR) is 103 cm³/mol. The van der Waals surface area contributed by atoms with Crippen LogP contribution in [0.2, 0.25) is 0 Å². The summed E-state index contributed by atoms with van der Waals surface area (Å²) in [5.41, 5.74) is 1.28. The van der Waals surface area contributed by atoms with Crippen molar-refractivity contribution in [2.75, 3.05) is 50.7 Å². The molecule has 3 rings (SSSR count). The number of nitrogens with zero attached hydrogens (tertiary/aromatic N) is 2. The molecule has 5 nitrogen and oxygen atoms in total. The van der Waals surface area contributed by atoms with Crippen LogP contribution in [0.4, 0.5) is 10.5 Å². The molecule has 0 radical (unpaired) electrons. The maximum atomic E-state index is 12.1. The Balaban J connectivity index is 1.31. The Kier molecular flexibility index (Phi) is 6.56. The van der Waals surface area contributed by atoms with Crippen LogP contribution in [-0.4, -0.2) is 56.7 Å². The summed E-state index contributed by atoms with van der Waals surface area (Å²) in [4.78, 5) is 17.0. The van der Waals surface area contributed by atoms with E-state index in [4.69, 9.17) is 0 Å². The van der Waals surface area contributed by atoms with Crippen LogP contribution in [0.25, 0.3) is 0 Å². The monoisotopic (exact) mass is 344 g/mol. The standard InChI is InChI=1S/C20H32N4O/c1-2-10-23-11-8-17(15-23)13-21-20(25)22-14-18-9-12-24(16-18)19-6-4-3-5-7-19/h3-7,17-18H,2,8-16H2,1H3,(H2,21,22,25)/t17-,18-/m1/s1. The Morgan fingerprint density at radius 1 is 1.04 bits per heavy atom. The third-order valence-corrected chi connectivity index (χ3v) is 5.42. The molecular formula is C20H32N4O. The molecule has 0 aliphatic carbocycles. The molecule has 25 heavy (non-hydrogen) atoms. The van der Waals surface area contributed by atoms with Crippen molar-refractivity contribution >= 4 is 11.7 Å². The van der Waals surface area contributed by atoms with Crippen molar-refractivity contribution in [3.8, 4) is 0 Å². The van der Waals surface area contributed by atoms with Gasteiger partial charge in [-0.05, 0) is 56.3 Å². The van der Waals surface area contributed by atoms with Crippen LogP contribution in [0.15, 0.2) is 30.3 Å². The van der Waals surface area contributed by atoms with E-state index in [1.54, 1.807) is 0 Å². The minimum Gasteiger partial charge on any atom is -0.371 e. The number of anilines is 1. The third kappa shape index (κ3) is 5.36. The van der Waals surface area contributed by atoms with Crippen molar-refractivity contribution in [3.63, 3.8) is 0 Å². The Morgan fingerprint density at radius 2 is 1.72 bits per heavy atom. The number of hydrogen-bond acceptors (Lipinski definition) is 3. The van der Waals surface area contributed by atoms with Gasteiger partial charge in [0.25, 0.3) is 0 Å². The zero-order chi connectivity index (χ0) is 17.5. The van der Waals surface area contributed by atoms with Crippen molar-refractivity contribution in [2.24, 2.45) is 11.8 Å². The van der Waals surface area contributed by atoms with Gasteiger partial charge in [-0.25, -0.2) is 4.79 Å². The second-order valence-electron chi connectivity index (χ2n) is 7.48. The summed E-state index contributed by atoms with van der Waals surface area (Å²) in [5, 5.41) is 6.13. The number of rotatable bonds is 7. The SMILES string of the molecule is CCCN1CC[C@H](CNC(=O)NC[C@H]2CCN(c3ccccc3)C2)C1. The average molecular weight is 345 g/mol. The number of carbonyl (C=O) groups is 1. The highest BCUT2D eigenvalue weighted by Crippen LogP contribution is 2.22. The largest absolute Gasteiger partial charge is 0.371 e. The predicted octanol–water partition coefficient (Wildman–Crippen LogP) is 2.54. The summed E-state index contributed by atoms with van der Waals surface area (Å²) in [6.45, 7) is 9.38. The molecular weight excluding hydrogens is 312 g/mol. The van der Waals surface area contributed by atoms with Crippen LogP contribution >= 0.6 is 0 Å². The van der Waals surface area contributed by atoms with Gasteiger partial charge in [-0.15, -0.1) is 0 Å². The number of benzene rings is 1. The molecule has 0 spiro atoms.